The molecular formula is C16H15BrF2O2. The van der Waals surface area contributed by atoms with Crippen molar-refractivity contribution >= 4 is 15.9 Å². The van der Waals surface area contributed by atoms with Crippen LogP contribution in [0.1, 0.15) is 21.5 Å². The van der Waals surface area contributed by atoms with E-state index in [9.17, 15) is 8.78 Å². The van der Waals surface area contributed by atoms with Crippen LogP contribution in [-0.2, 0) is 0 Å². The molecule has 112 valence electrons. The van der Waals surface area contributed by atoms with Crippen LogP contribution in [-0.4, -0.2) is 14.2 Å². The quantitative estimate of drug-likeness (QED) is 0.734. The lowest BCUT2D eigenvalue weighted by molar-refractivity contribution is 0.354. The molecular weight excluding hydrogens is 342 g/mol. The maximum absolute atomic E-state index is 14.0. The van der Waals surface area contributed by atoms with Crippen LogP contribution in [0.15, 0.2) is 30.3 Å². The minimum absolute atomic E-state index is 0.376. The molecule has 2 nitrogen and oxygen atoms in total. The monoisotopic (exact) mass is 356 g/mol. The van der Waals surface area contributed by atoms with Crippen LogP contribution < -0.4 is 9.47 Å². The number of aryl methyl sites for hydroxylation is 1. The zero-order valence-corrected chi connectivity index (χ0v) is 13.5. The SMILES string of the molecule is COc1ccc(C(Br)c2cc(C)c(F)cc2F)cc1OC. The Labute approximate surface area is 130 Å². The highest BCUT2D eigenvalue weighted by atomic mass is 79.9. The van der Waals surface area contributed by atoms with Crippen molar-refractivity contribution in [1.82, 2.24) is 0 Å². The van der Waals surface area contributed by atoms with Crippen molar-refractivity contribution in [3.63, 3.8) is 0 Å². The van der Waals surface area contributed by atoms with Gasteiger partial charge in [-0.15, -0.1) is 0 Å². The molecule has 0 amide bonds. The van der Waals surface area contributed by atoms with Crippen LogP contribution in [0.25, 0.3) is 0 Å². The van der Waals surface area contributed by atoms with Crippen LogP contribution in [0, 0.1) is 18.6 Å². The fraction of sp³-hybridized carbons (Fsp3) is 0.250. The van der Waals surface area contributed by atoms with E-state index in [0.717, 1.165) is 11.6 Å². The maximum Gasteiger partial charge on any atom is 0.161 e. The molecule has 0 N–H and O–H groups in total. The molecule has 0 fully saturated rings. The molecule has 0 saturated carbocycles. The molecule has 0 aliphatic heterocycles. The Morgan fingerprint density at radius 3 is 2.24 bits per heavy atom. The van der Waals surface area contributed by atoms with Crippen molar-refractivity contribution in [3.05, 3.63) is 58.7 Å². The molecule has 0 spiro atoms. The Balaban J connectivity index is 2.45. The second kappa shape index (κ2) is 6.43. The van der Waals surface area contributed by atoms with E-state index in [-0.39, 0.29) is 0 Å². The normalized spacial score (nSPS) is 12.1. The standard InChI is InChI=1S/C16H15BrF2O2/c1-9-6-11(13(19)8-12(9)18)16(17)10-4-5-14(20-2)15(7-10)21-3/h4-8,16H,1-3H3. The Morgan fingerprint density at radius 2 is 1.62 bits per heavy atom. The molecule has 21 heavy (non-hydrogen) atoms. The van der Waals surface area contributed by atoms with Crippen molar-refractivity contribution in [3.8, 4) is 11.5 Å². The molecule has 0 heterocycles. The van der Waals surface area contributed by atoms with Crippen LogP contribution >= 0.6 is 15.9 Å². The number of benzene rings is 2. The largest absolute Gasteiger partial charge is 0.493 e. The number of halogens is 3. The van der Waals surface area contributed by atoms with Crippen molar-refractivity contribution in [1.29, 1.82) is 0 Å². The molecule has 2 aromatic rings. The van der Waals surface area contributed by atoms with Crippen molar-refractivity contribution in [2.75, 3.05) is 14.2 Å². The van der Waals surface area contributed by atoms with Crippen LogP contribution in [0.3, 0.4) is 0 Å². The van der Waals surface area contributed by atoms with Crippen molar-refractivity contribution < 1.29 is 18.3 Å². The van der Waals surface area contributed by atoms with Gasteiger partial charge in [0.25, 0.3) is 0 Å². The molecule has 0 radical (unpaired) electrons. The van der Waals surface area contributed by atoms with E-state index in [0.29, 0.717) is 22.6 Å². The van der Waals surface area contributed by atoms with Gasteiger partial charge in [0.1, 0.15) is 11.6 Å². The third kappa shape index (κ3) is 3.18. The second-order valence-corrected chi connectivity index (χ2v) is 5.52. The van der Waals surface area contributed by atoms with Gasteiger partial charge in [0.2, 0.25) is 0 Å². The number of ether oxygens (including phenoxy) is 2. The summed E-state index contributed by atoms with van der Waals surface area (Å²) < 4.78 is 37.7. The molecule has 1 atom stereocenters. The van der Waals surface area contributed by atoms with Gasteiger partial charge in [-0.05, 0) is 36.2 Å². The first kappa shape index (κ1) is 15.8. The lowest BCUT2D eigenvalue weighted by atomic mass is 10.0. The molecule has 2 aromatic carbocycles. The van der Waals surface area contributed by atoms with Crippen LogP contribution in [0.2, 0.25) is 0 Å². The van der Waals surface area contributed by atoms with Gasteiger partial charge >= 0.3 is 0 Å². The average molecular weight is 357 g/mol. The summed E-state index contributed by atoms with van der Waals surface area (Å²) in [6, 6.07) is 7.71. The zero-order chi connectivity index (χ0) is 15.6. The zero-order valence-electron chi connectivity index (χ0n) is 11.9. The van der Waals surface area contributed by atoms with Gasteiger partial charge in [0, 0.05) is 11.6 Å². The second-order valence-electron chi connectivity index (χ2n) is 4.60. The van der Waals surface area contributed by atoms with Gasteiger partial charge in [-0.3, -0.25) is 0 Å². The first-order valence-electron chi connectivity index (χ1n) is 6.29. The Morgan fingerprint density at radius 1 is 0.952 bits per heavy atom. The van der Waals surface area contributed by atoms with E-state index >= 15 is 0 Å². The predicted octanol–water partition coefficient (Wildman–Crippen LogP) is 4.77. The molecule has 0 saturated heterocycles. The van der Waals surface area contributed by atoms with E-state index in [1.807, 2.05) is 0 Å². The van der Waals surface area contributed by atoms with E-state index in [4.69, 9.17) is 9.47 Å². The topological polar surface area (TPSA) is 18.5 Å². The van der Waals surface area contributed by atoms with Gasteiger partial charge in [-0.25, -0.2) is 8.78 Å². The minimum Gasteiger partial charge on any atom is -0.493 e. The lowest BCUT2D eigenvalue weighted by Gasteiger charge is -2.15. The van der Waals surface area contributed by atoms with Crippen LogP contribution in [0.4, 0.5) is 8.78 Å². The third-order valence-electron chi connectivity index (χ3n) is 3.25. The highest BCUT2D eigenvalue weighted by molar-refractivity contribution is 9.09. The summed E-state index contributed by atoms with van der Waals surface area (Å²) in [6.45, 7) is 1.60. The number of hydrogen-bond donors (Lipinski definition) is 0. The Bertz CT molecular complexity index is 659. The molecule has 5 heteroatoms. The van der Waals surface area contributed by atoms with Crippen LogP contribution in [0.5, 0.6) is 11.5 Å². The highest BCUT2D eigenvalue weighted by Crippen LogP contribution is 2.37. The summed E-state index contributed by atoms with van der Waals surface area (Å²) in [5, 5.41) is 0. The summed E-state index contributed by atoms with van der Waals surface area (Å²) in [6.07, 6.45) is 0. The molecule has 0 aromatic heterocycles. The fourth-order valence-corrected chi connectivity index (χ4v) is 2.70. The molecule has 2 rings (SSSR count). The lowest BCUT2D eigenvalue weighted by Crippen LogP contribution is -2.00. The van der Waals surface area contributed by atoms with Crippen molar-refractivity contribution in [2.24, 2.45) is 0 Å². The van der Waals surface area contributed by atoms with Gasteiger partial charge in [0.05, 0.1) is 19.0 Å². The first-order valence-corrected chi connectivity index (χ1v) is 7.21. The Hall–Kier alpha value is -1.62. The van der Waals surface area contributed by atoms with Gasteiger partial charge < -0.3 is 9.47 Å². The summed E-state index contributed by atoms with van der Waals surface area (Å²) in [5.74, 6) is 0.00780. The molecule has 1 unspecified atom stereocenters. The molecule has 0 bridgehead atoms. The summed E-state index contributed by atoms with van der Waals surface area (Å²) in [4.78, 5) is -0.406. The number of rotatable bonds is 4. The first-order chi connectivity index (χ1) is 9.97. The molecule has 0 aliphatic carbocycles. The molecule has 0 aliphatic rings. The van der Waals surface area contributed by atoms with Gasteiger partial charge in [-0.2, -0.15) is 0 Å². The minimum atomic E-state index is -0.588. The summed E-state index contributed by atoms with van der Waals surface area (Å²) >= 11 is 3.45. The van der Waals surface area contributed by atoms with Gasteiger partial charge in [-0.1, -0.05) is 22.0 Å². The van der Waals surface area contributed by atoms with E-state index < -0.39 is 16.5 Å². The maximum atomic E-state index is 14.0. The highest BCUT2D eigenvalue weighted by Gasteiger charge is 2.18. The Kier molecular flexibility index (Phi) is 4.83. The van der Waals surface area contributed by atoms with Crippen molar-refractivity contribution in [2.45, 2.75) is 11.8 Å². The van der Waals surface area contributed by atoms with E-state index in [2.05, 4.69) is 15.9 Å². The summed E-state index contributed by atoms with van der Waals surface area (Å²) in [7, 11) is 3.08. The predicted molar refractivity (Wildman–Crippen MR) is 81.4 cm³/mol. The number of hydrogen-bond acceptors (Lipinski definition) is 2. The van der Waals surface area contributed by atoms with E-state index in [1.165, 1.54) is 13.2 Å². The fourth-order valence-electron chi connectivity index (χ4n) is 2.06. The van der Waals surface area contributed by atoms with E-state index in [1.54, 1.807) is 32.2 Å². The third-order valence-corrected chi connectivity index (χ3v) is 4.27. The number of alkyl halides is 1. The number of methoxy groups -OCH3 is 2. The average Bonchev–Trinajstić information content (AvgIpc) is 2.49. The van der Waals surface area contributed by atoms with Gasteiger partial charge in [0.15, 0.2) is 11.5 Å². The smallest absolute Gasteiger partial charge is 0.161 e. The summed E-state index contributed by atoms with van der Waals surface area (Å²) in [5.41, 5.74) is 1.56.